The van der Waals surface area contributed by atoms with Crippen molar-refractivity contribution in [3.05, 3.63) is 29.0 Å². The topological polar surface area (TPSA) is 61.4 Å². The third kappa shape index (κ3) is 3.04. The molecule has 0 spiro atoms. The fraction of sp³-hybridized carbons (Fsp3) is 0.500. The Kier molecular flexibility index (Phi) is 4.50. The lowest BCUT2D eigenvalue weighted by Crippen LogP contribution is -2.54. The molecule has 1 aliphatic carbocycles. The van der Waals surface area contributed by atoms with Gasteiger partial charge >= 0.3 is 0 Å². The van der Waals surface area contributed by atoms with E-state index < -0.39 is 11.4 Å². The van der Waals surface area contributed by atoms with Crippen LogP contribution in [-0.2, 0) is 4.79 Å². The Balaban J connectivity index is 2.23. The molecule has 1 aromatic rings. The molecule has 3 N–H and O–H groups in total. The van der Waals surface area contributed by atoms with Crippen LogP contribution in [0.4, 0.5) is 10.1 Å². The Morgan fingerprint density at radius 2 is 2.10 bits per heavy atom. The first kappa shape index (κ1) is 15.1. The van der Waals surface area contributed by atoms with Gasteiger partial charge in [-0.3, -0.25) is 4.79 Å². The molecule has 0 heterocycles. The number of anilines is 1. The van der Waals surface area contributed by atoms with Gasteiger partial charge in [0.15, 0.2) is 0 Å². The molecule has 0 unspecified atom stereocenters. The molecule has 0 atom stereocenters. The lowest BCUT2D eigenvalue weighted by Gasteiger charge is -2.38. The van der Waals surface area contributed by atoms with Gasteiger partial charge in [0.1, 0.15) is 11.4 Å². The molecule has 0 saturated heterocycles. The molecule has 110 valence electrons. The Bertz CT molecular complexity index is 502. The van der Waals surface area contributed by atoms with Crippen LogP contribution < -0.4 is 10.6 Å². The highest BCUT2D eigenvalue weighted by atomic mass is 35.5. The summed E-state index contributed by atoms with van der Waals surface area (Å²) in [6.45, 7) is 0. The van der Waals surface area contributed by atoms with Crippen molar-refractivity contribution in [3.8, 4) is 0 Å². The van der Waals surface area contributed by atoms with Gasteiger partial charge < -0.3 is 15.7 Å². The first-order valence-corrected chi connectivity index (χ1v) is 6.98. The molecular weight excluding hydrogens is 283 g/mol. The lowest BCUT2D eigenvalue weighted by atomic mass is 9.79. The minimum absolute atomic E-state index is 0.0119. The molecule has 1 aliphatic rings. The van der Waals surface area contributed by atoms with Crippen LogP contribution in [0.1, 0.15) is 25.7 Å². The summed E-state index contributed by atoms with van der Waals surface area (Å²) >= 11 is 5.76. The molecule has 20 heavy (non-hydrogen) atoms. The molecule has 1 saturated carbocycles. The van der Waals surface area contributed by atoms with E-state index in [2.05, 4.69) is 10.6 Å². The van der Waals surface area contributed by atoms with Crippen LogP contribution in [0.3, 0.4) is 0 Å². The van der Waals surface area contributed by atoms with E-state index in [1.807, 2.05) is 0 Å². The molecule has 4 nitrogen and oxygen atoms in total. The minimum atomic E-state index is -0.783. The standard InChI is InChI=1S/C14H18ClFN2O2/c1-17-13(20)14(6-4-10(19)5-7-14)18-9-2-3-12(16)11(15)8-9/h2-3,8,10,18-19H,4-7H2,1H3,(H,17,20). The summed E-state index contributed by atoms with van der Waals surface area (Å²) in [5.74, 6) is -0.630. The SMILES string of the molecule is CNC(=O)C1(Nc2ccc(F)c(Cl)c2)CCC(O)CC1. The van der Waals surface area contributed by atoms with Crippen LogP contribution in [0.5, 0.6) is 0 Å². The second kappa shape index (κ2) is 5.97. The predicted molar refractivity (Wildman–Crippen MR) is 76.3 cm³/mol. The molecule has 0 bridgehead atoms. The average Bonchev–Trinajstić information content (AvgIpc) is 2.45. The summed E-state index contributed by atoms with van der Waals surface area (Å²) < 4.78 is 13.2. The van der Waals surface area contributed by atoms with Gasteiger partial charge in [0, 0.05) is 12.7 Å². The number of carbonyl (C=O) groups is 1. The summed E-state index contributed by atoms with van der Waals surface area (Å²) in [5.41, 5.74) is -0.189. The molecule has 0 aromatic heterocycles. The minimum Gasteiger partial charge on any atom is -0.393 e. The Hall–Kier alpha value is -1.33. The van der Waals surface area contributed by atoms with Gasteiger partial charge in [-0.2, -0.15) is 0 Å². The number of hydrogen-bond acceptors (Lipinski definition) is 3. The second-order valence-corrected chi connectivity index (χ2v) is 5.55. The normalized spacial score (nSPS) is 26.1. The van der Waals surface area contributed by atoms with Crippen LogP contribution in [0, 0.1) is 5.82 Å². The molecule has 1 fully saturated rings. The van der Waals surface area contributed by atoms with Gasteiger partial charge in [-0.15, -0.1) is 0 Å². The zero-order chi connectivity index (χ0) is 14.8. The fourth-order valence-corrected chi connectivity index (χ4v) is 2.77. The molecule has 6 heteroatoms. The smallest absolute Gasteiger partial charge is 0.245 e. The van der Waals surface area contributed by atoms with Crippen molar-refractivity contribution in [1.29, 1.82) is 0 Å². The van der Waals surface area contributed by atoms with E-state index in [9.17, 15) is 14.3 Å². The maximum Gasteiger partial charge on any atom is 0.245 e. The summed E-state index contributed by atoms with van der Waals surface area (Å²) in [5, 5.41) is 15.4. The second-order valence-electron chi connectivity index (χ2n) is 5.15. The monoisotopic (exact) mass is 300 g/mol. The number of likely N-dealkylation sites (N-methyl/N-ethyl adjacent to an activating group) is 1. The van der Waals surface area contributed by atoms with Crippen LogP contribution in [0.25, 0.3) is 0 Å². The van der Waals surface area contributed by atoms with E-state index >= 15 is 0 Å². The third-order valence-corrected chi connectivity index (χ3v) is 4.06. The van der Waals surface area contributed by atoms with Crippen LogP contribution in [0.15, 0.2) is 18.2 Å². The number of aliphatic hydroxyl groups is 1. The molecule has 1 aromatic carbocycles. The van der Waals surface area contributed by atoms with E-state index in [1.54, 1.807) is 13.1 Å². The lowest BCUT2D eigenvalue weighted by molar-refractivity contribution is -0.126. The number of hydrogen-bond donors (Lipinski definition) is 3. The van der Waals surface area contributed by atoms with Crippen molar-refractivity contribution in [2.45, 2.75) is 37.3 Å². The highest BCUT2D eigenvalue weighted by Gasteiger charge is 2.41. The van der Waals surface area contributed by atoms with Crippen molar-refractivity contribution in [2.24, 2.45) is 0 Å². The Labute approximate surface area is 122 Å². The highest BCUT2D eigenvalue weighted by molar-refractivity contribution is 6.31. The maximum absolute atomic E-state index is 13.2. The summed E-state index contributed by atoms with van der Waals surface area (Å²) in [4.78, 5) is 12.2. The van der Waals surface area contributed by atoms with Crippen molar-refractivity contribution < 1.29 is 14.3 Å². The highest BCUT2D eigenvalue weighted by Crippen LogP contribution is 2.33. The fourth-order valence-electron chi connectivity index (χ4n) is 2.59. The van der Waals surface area contributed by atoms with E-state index in [4.69, 9.17) is 11.6 Å². The predicted octanol–water partition coefficient (Wildman–Crippen LogP) is 2.31. The first-order chi connectivity index (χ1) is 9.47. The third-order valence-electron chi connectivity index (χ3n) is 3.77. The summed E-state index contributed by atoms with van der Waals surface area (Å²) in [6, 6.07) is 4.28. The number of benzene rings is 1. The number of aliphatic hydroxyl groups excluding tert-OH is 1. The molecule has 1 amide bonds. The van der Waals surface area contributed by atoms with E-state index in [1.165, 1.54) is 12.1 Å². The number of nitrogens with one attached hydrogen (secondary N) is 2. The number of halogens is 2. The van der Waals surface area contributed by atoms with Crippen molar-refractivity contribution in [1.82, 2.24) is 5.32 Å². The van der Waals surface area contributed by atoms with E-state index in [0.717, 1.165) is 0 Å². The maximum atomic E-state index is 13.2. The van der Waals surface area contributed by atoms with Gasteiger partial charge in [-0.25, -0.2) is 4.39 Å². The van der Waals surface area contributed by atoms with E-state index in [-0.39, 0.29) is 17.0 Å². The summed E-state index contributed by atoms with van der Waals surface area (Å²) in [7, 11) is 1.58. The van der Waals surface area contributed by atoms with Gasteiger partial charge in [0.2, 0.25) is 5.91 Å². The van der Waals surface area contributed by atoms with Crippen LogP contribution in [0.2, 0.25) is 5.02 Å². The van der Waals surface area contributed by atoms with Gasteiger partial charge in [-0.05, 0) is 43.9 Å². The quantitative estimate of drug-likeness (QED) is 0.803. The summed E-state index contributed by atoms with van der Waals surface area (Å²) in [6.07, 6.45) is 1.77. The zero-order valence-corrected chi connectivity index (χ0v) is 12.0. The molecular formula is C14H18ClFN2O2. The Morgan fingerprint density at radius 1 is 1.45 bits per heavy atom. The largest absolute Gasteiger partial charge is 0.393 e. The molecule has 0 aliphatic heterocycles. The van der Waals surface area contributed by atoms with E-state index in [0.29, 0.717) is 31.4 Å². The Morgan fingerprint density at radius 3 is 2.65 bits per heavy atom. The number of carbonyl (C=O) groups excluding carboxylic acids is 1. The molecule has 0 radical (unpaired) electrons. The van der Waals surface area contributed by atoms with Crippen molar-refractivity contribution in [2.75, 3.05) is 12.4 Å². The van der Waals surface area contributed by atoms with Crippen molar-refractivity contribution in [3.63, 3.8) is 0 Å². The van der Waals surface area contributed by atoms with Gasteiger partial charge in [0.05, 0.1) is 11.1 Å². The van der Waals surface area contributed by atoms with Crippen LogP contribution in [-0.4, -0.2) is 29.7 Å². The first-order valence-electron chi connectivity index (χ1n) is 6.60. The molecule has 2 rings (SSSR count). The average molecular weight is 301 g/mol. The number of amides is 1. The number of rotatable bonds is 3. The van der Waals surface area contributed by atoms with Crippen LogP contribution >= 0.6 is 11.6 Å². The van der Waals surface area contributed by atoms with Crippen molar-refractivity contribution >= 4 is 23.2 Å². The zero-order valence-electron chi connectivity index (χ0n) is 11.2. The van der Waals surface area contributed by atoms with Gasteiger partial charge in [-0.1, -0.05) is 11.6 Å². The van der Waals surface area contributed by atoms with Gasteiger partial charge in [0.25, 0.3) is 0 Å².